The van der Waals surface area contributed by atoms with Crippen molar-refractivity contribution in [1.29, 1.82) is 0 Å². The first-order valence-corrected chi connectivity index (χ1v) is 6.37. The highest BCUT2D eigenvalue weighted by atomic mass is 16.2. The second-order valence-corrected chi connectivity index (χ2v) is 4.32. The molecule has 0 saturated carbocycles. The van der Waals surface area contributed by atoms with Crippen LogP contribution in [0.3, 0.4) is 0 Å². The van der Waals surface area contributed by atoms with Crippen molar-refractivity contribution in [1.82, 2.24) is 10.2 Å². The molecule has 3 N–H and O–H groups in total. The highest BCUT2D eigenvalue weighted by Gasteiger charge is 2.13. The molecule has 0 radical (unpaired) electrons. The molecular weight excluding hydrogens is 242 g/mol. The van der Waals surface area contributed by atoms with Crippen LogP contribution in [0.15, 0.2) is 24.3 Å². The quantitative estimate of drug-likeness (QED) is 0.781. The number of hydrogen-bond donors (Lipinski definition) is 2. The molecule has 1 aromatic rings. The van der Waals surface area contributed by atoms with Crippen molar-refractivity contribution in [3.8, 4) is 0 Å². The predicted octanol–water partition coefficient (Wildman–Crippen LogP) is 0.418. The van der Waals surface area contributed by atoms with Crippen LogP contribution in [0.25, 0.3) is 0 Å². The molecule has 0 aliphatic heterocycles. The van der Waals surface area contributed by atoms with E-state index in [-0.39, 0.29) is 24.9 Å². The molecule has 0 aliphatic carbocycles. The zero-order chi connectivity index (χ0) is 14.3. The molecule has 1 aromatic carbocycles. The molecule has 5 nitrogen and oxygen atoms in total. The lowest BCUT2D eigenvalue weighted by atomic mass is 10.1. The summed E-state index contributed by atoms with van der Waals surface area (Å²) in [6.45, 7) is 4.99. The minimum atomic E-state index is -0.319. The van der Waals surface area contributed by atoms with Crippen molar-refractivity contribution in [2.75, 3.05) is 19.6 Å². The van der Waals surface area contributed by atoms with Crippen LogP contribution in [-0.2, 0) is 16.1 Å². The van der Waals surface area contributed by atoms with Crippen LogP contribution in [0.4, 0.5) is 0 Å². The van der Waals surface area contributed by atoms with Gasteiger partial charge in [0.05, 0.1) is 13.1 Å². The van der Waals surface area contributed by atoms with Crippen LogP contribution in [-0.4, -0.2) is 36.3 Å². The monoisotopic (exact) mass is 263 g/mol. The summed E-state index contributed by atoms with van der Waals surface area (Å²) in [5, 5.41) is 2.49. The molecule has 1 rings (SSSR count). The summed E-state index contributed by atoms with van der Waals surface area (Å²) in [5.41, 5.74) is 7.44. The van der Waals surface area contributed by atoms with E-state index in [1.54, 1.807) is 4.90 Å². The number of benzene rings is 1. The van der Waals surface area contributed by atoms with Gasteiger partial charge in [-0.05, 0) is 25.0 Å². The second kappa shape index (κ2) is 7.53. The molecule has 104 valence electrons. The molecule has 2 amide bonds. The largest absolute Gasteiger partial charge is 0.346 e. The highest BCUT2D eigenvalue weighted by Crippen LogP contribution is 2.10. The predicted molar refractivity (Wildman–Crippen MR) is 74.3 cm³/mol. The molecular formula is C14H21N3O2. The van der Waals surface area contributed by atoms with Gasteiger partial charge in [0, 0.05) is 13.1 Å². The minimum absolute atomic E-state index is 0.00421. The number of aryl methyl sites for hydroxylation is 1. The Labute approximate surface area is 113 Å². The van der Waals surface area contributed by atoms with Crippen molar-refractivity contribution < 1.29 is 9.59 Å². The van der Waals surface area contributed by atoms with E-state index in [2.05, 4.69) is 5.32 Å². The molecule has 5 heteroatoms. The van der Waals surface area contributed by atoms with Crippen molar-refractivity contribution in [3.05, 3.63) is 35.4 Å². The molecule has 0 heterocycles. The number of nitrogens with one attached hydrogen (secondary N) is 1. The number of carbonyl (C=O) groups is 2. The topological polar surface area (TPSA) is 75.4 Å². The van der Waals surface area contributed by atoms with Crippen LogP contribution in [0.5, 0.6) is 0 Å². The first kappa shape index (κ1) is 15.2. The molecule has 0 saturated heterocycles. The average molecular weight is 263 g/mol. The molecule has 19 heavy (non-hydrogen) atoms. The van der Waals surface area contributed by atoms with Crippen molar-refractivity contribution in [2.24, 2.45) is 5.73 Å². The van der Waals surface area contributed by atoms with E-state index in [4.69, 9.17) is 5.73 Å². The lowest BCUT2D eigenvalue weighted by Gasteiger charge is -2.22. The third kappa shape index (κ3) is 4.71. The van der Waals surface area contributed by atoms with Gasteiger partial charge in [-0.3, -0.25) is 9.59 Å². The zero-order valence-electron chi connectivity index (χ0n) is 11.5. The zero-order valence-corrected chi connectivity index (χ0v) is 11.5. The number of nitrogens with zero attached hydrogens (tertiary/aromatic N) is 1. The van der Waals surface area contributed by atoms with E-state index < -0.39 is 0 Å². The number of carbonyl (C=O) groups excluding carboxylic acids is 2. The van der Waals surface area contributed by atoms with E-state index in [9.17, 15) is 9.59 Å². The van der Waals surface area contributed by atoms with Gasteiger partial charge < -0.3 is 16.0 Å². The maximum absolute atomic E-state index is 12.0. The van der Waals surface area contributed by atoms with E-state index in [0.717, 1.165) is 11.1 Å². The van der Waals surface area contributed by atoms with E-state index in [1.165, 1.54) is 0 Å². The highest BCUT2D eigenvalue weighted by molar-refractivity contribution is 5.85. The Morgan fingerprint density at radius 1 is 1.32 bits per heavy atom. The van der Waals surface area contributed by atoms with Gasteiger partial charge in [-0.15, -0.1) is 0 Å². The fourth-order valence-corrected chi connectivity index (χ4v) is 1.73. The van der Waals surface area contributed by atoms with E-state index in [1.807, 2.05) is 38.1 Å². The standard InChI is InChI=1S/C14H21N3O2/c1-3-17(14(19)9-16-13(18)8-15)10-12-7-5-4-6-11(12)2/h4-7H,3,8-10,15H2,1-2H3,(H,16,18). The van der Waals surface area contributed by atoms with Gasteiger partial charge in [-0.2, -0.15) is 0 Å². The first-order valence-electron chi connectivity index (χ1n) is 6.37. The normalized spacial score (nSPS) is 10.1. The summed E-state index contributed by atoms with van der Waals surface area (Å²) in [5.74, 6) is -0.423. The fraction of sp³-hybridized carbons (Fsp3) is 0.429. The number of amides is 2. The van der Waals surface area contributed by atoms with Crippen LogP contribution in [0.1, 0.15) is 18.1 Å². The van der Waals surface area contributed by atoms with Crippen LogP contribution < -0.4 is 11.1 Å². The summed E-state index contributed by atoms with van der Waals surface area (Å²) in [6, 6.07) is 7.95. The van der Waals surface area contributed by atoms with Gasteiger partial charge in [-0.25, -0.2) is 0 Å². The van der Waals surface area contributed by atoms with Crippen LogP contribution in [0.2, 0.25) is 0 Å². The maximum Gasteiger partial charge on any atom is 0.242 e. The van der Waals surface area contributed by atoms with Gasteiger partial charge >= 0.3 is 0 Å². The molecule has 0 spiro atoms. The van der Waals surface area contributed by atoms with E-state index in [0.29, 0.717) is 13.1 Å². The molecule has 0 aliphatic rings. The molecule has 0 fully saturated rings. The van der Waals surface area contributed by atoms with Gasteiger partial charge in [0.1, 0.15) is 0 Å². The summed E-state index contributed by atoms with van der Waals surface area (Å²) in [6.07, 6.45) is 0. The van der Waals surface area contributed by atoms with Gasteiger partial charge in [0.2, 0.25) is 11.8 Å². The smallest absolute Gasteiger partial charge is 0.242 e. The fourth-order valence-electron chi connectivity index (χ4n) is 1.73. The number of rotatable bonds is 6. The molecule has 0 atom stereocenters. The van der Waals surface area contributed by atoms with Gasteiger partial charge in [0.15, 0.2) is 0 Å². The Balaban J connectivity index is 2.60. The lowest BCUT2D eigenvalue weighted by Crippen LogP contribution is -2.41. The molecule has 0 aromatic heterocycles. The van der Waals surface area contributed by atoms with E-state index >= 15 is 0 Å². The summed E-state index contributed by atoms with van der Waals surface area (Å²) in [4.78, 5) is 24.7. The Bertz CT molecular complexity index is 446. The van der Waals surface area contributed by atoms with Gasteiger partial charge in [-0.1, -0.05) is 24.3 Å². The molecule has 0 unspecified atom stereocenters. The minimum Gasteiger partial charge on any atom is -0.346 e. The third-order valence-electron chi connectivity index (χ3n) is 2.98. The third-order valence-corrected chi connectivity index (χ3v) is 2.98. The average Bonchev–Trinajstić information content (AvgIpc) is 2.43. The molecule has 0 bridgehead atoms. The summed E-state index contributed by atoms with van der Waals surface area (Å²) < 4.78 is 0. The number of hydrogen-bond acceptors (Lipinski definition) is 3. The second-order valence-electron chi connectivity index (χ2n) is 4.32. The van der Waals surface area contributed by atoms with Gasteiger partial charge in [0.25, 0.3) is 0 Å². The van der Waals surface area contributed by atoms with Crippen LogP contribution in [0, 0.1) is 6.92 Å². The number of nitrogens with two attached hydrogens (primary N) is 1. The number of likely N-dealkylation sites (N-methyl/N-ethyl adjacent to an activating group) is 1. The van der Waals surface area contributed by atoms with Crippen LogP contribution >= 0.6 is 0 Å². The van der Waals surface area contributed by atoms with Crippen molar-refractivity contribution >= 4 is 11.8 Å². The Morgan fingerprint density at radius 2 is 2.00 bits per heavy atom. The lowest BCUT2D eigenvalue weighted by molar-refractivity contribution is -0.132. The summed E-state index contributed by atoms with van der Waals surface area (Å²) in [7, 11) is 0. The Morgan fingerprint density at radius 3 is 2.58 bits per heavy atom. The van der Waals surface area contributed by atoms with Crippen molar-refractivity contribution in [3.63, 3.8) is 0 Å². The van der Waals surface area contributed by atoms with Crippen molar-refractivity contribution in [2.45, 2.75) is 20.4 Å². The Kier molecular flexibility index (Phi) is 6.02. The summed E-state index contributed by atoms with van der Waals surface area (Å²) >= 11 is 0. The SMILES string of the molecule is CCN(Cc1ccccc1C)C(=O)CNC(=O)CN. The maximum atomic E-state index is 12.0. The first-order chi connectivity index (χ1) is 9.08. The Hall–Kier alpha value is -1.88.